The van der Waals surface area contributed by atoms with Gasteiger partial charge in [0.1, 0.15) is 5.03 Å². The summed E-state index contributed by atoms with van der Waals surface area (Å²) in [6.45, 7) is 0. The number of carbonyl (C=O) groups excluding carboxylic acids is 2. The molecule has 0 atom stereocenters. The van der Waals surface area contributed by atoms with Crippen molar-refractivity contribution in [3.8, 4) is 0 Å². The maximum absolute atomic E-state index is 11.8. The number of carbonyl (C=O) groups is 2. The van der Waals surface area contributed by atoms with E-state index in [1.54, 1.807) is 24.3 Å². The van der Waals surface area contributed by atoms with Crippen molar-refractivity contribution in [3.63, 3.8) is 0 Å². The van der Waals surface area contributed by atoms with Crippen LogP contribution in [0.5, 0.6) is 0 Å². The predicted molar refractivity (Wildman–Crippen MR) is 79.4 cm³/mol. The van der Waals surface area contributed by atoms with E-state index in [4.69, 9.17) is 11.6 Å². The van der Waals surface area contributed by atoms with Gasteiger partial charge in [-0.1, -0.05) is 23.4 Å². The zero-order valence-corrected chi connectivity index (χ0v) is 16.4. The smallest absolute Gasteiger partial charge is 0.545 e. The number of benzene rings is 1. The molecule has 0 fully saturated rings. The number of carboxylic acids is 1. The van der Waals surface area contributed by atoms with Crippen LogP contribution in [0.15, 0.2) is 47.6 Å². The van der Waals surface area contributed by atoms with E-state index in [0.717, 1.165) is 11.8 Å². The molecule has 0 aliphatic rings. The minimum absolute atomic E-state index is 0. The molecule has 1 heterocycles. The Hall–Kier alpha value is -0.414. The summed E-state index contributed by atoms with van der Waals surface area (Å²) in [5.74, 6) is -1.54. The largest absolute Gasteiger partial charge is 1.00 e. The summed E-state index contributed by atoms with van der Waals surface area (Å²) in [4.78, 5) is 26.6. The Balaban J connectivity index is 0.00000242. The Morgan fingerprint density at radius 1 is 1.23 bits per heavy atom. The van der Waals surface area contributed by atoms with Gasteiger partial charge in [0, 0.05) is 22.5 Å². The first kappa shape index (κ1) is 19.6. The number of amides is 1. The minimum atomic E-state index is -1.32. The molecular weight excluding hydrogens is 351 g/mol. The number of carboxylic acid groups (broad SMARTS) is 1. The Labute approximate surface area is 179 Å². The average Bonchev–Trinajstić information content (AvgIpc) is 2.48. The summed E-state index contributed by atoms with van der Waals surface area (Å²) in [5, 5.41) is 14.4. The van der Waals surface area contributed by atoms with Crippen LogP contribution in [0.25, 0.3) is 0 Å². The number of aromatic nitrogens is 1. The molecule has 0 unspecified atom stereocenters. The number of pyridine rings is 1. The normalized spacial score (nSPS) is 9.68. The number of hydrogen-bond donors (Lipinski definition) is 1. The average molecular weight is 361 g/mol. The van der Waals surface area contributed by atoms with Crippen molar-refractivity contribution in [1.29, 1.82) is 0 Å². The molecule has 1 N–H and O–H groups in total. The zero-order valence-electron chi connectivity index (χ0n) is 11.7. The summed E-state index contributed by atoms with van der Waals surface area (Å²) in [6, 6.07) is 9.58. The van der Waals surface area contributed by atoms with E-state index in [9.17, 15) is 14.7 Å². The molecule has 1 aromatic heterocycles. The van der Waals surface area contributed by atoms with Crippen molar-refractivity contribution >= 4 is 40.9 Å². The fourth-order valence-corrected chi connectivity index (χ4v) is 2.43. The third kappa shape index (κ3) is 6.00. The van der Waals surface area contributed by atoms with E-state index in [-0.39, 0.29) is 73.6 Å². The van der Waals surface area contributed by atoms with Crippen LogP contribution in [0.1, 0.15) is 10.4 Å². The van der Waals surface area contributed by atoms with Crippen molar-refractivity contribution < 1.29 is 66.1 Å². The summed E-state index contributed by atoms with van der Waals surface area (Å²) >= 11 is 6.79. The fourth-order valence-electron chi connectivity index (χ4n) is 1.53. The summed E-state index contributed by atoms with van der Waals surface area (Å²) in [6.07, 6.45) is 1.46. The van der Waals surface area contributed by atoms with Crippen molar-refractivity contribution in [3.05, 3.63) is 53.2 Å². The first-order chi connectivity index (χ1) is 10.1. The van der Waals surface area contributed by atoms with Gasteiger partial charge in [0.05, 0.1) is 11.7 Å². The summed E-state index contributed by atoms with van der Waals surface area (Å²) < 4.78 is 0. The number of rotatable bonds is 5. The van der Waals surface area contributed by atoms with Crippen LogP contribution in [0, 0.1) is 0 Å². The van der Waals surface area contributed by atoms with Crippen LogP contribution >= 0.6 is 23.4 Å². The summed E-state index contributed by atoms with van der Waals surface area (Å²) in [5.41, 5.74) is 0.591. The number of nitrogens with zero attached hydrogens (tertiary/aromatic N) is 1. The van der Waals surface area contributed by atoms with Crippen LogP contribution in [0.4, 0.5) is 5.69 Å². The Bertz CT molecular complexity index is 667. The number of halogens is 1. The molecule has 1 amide bonds. The number of thioether (sulfide) groups is 1. The molecule has 0 aliphatic carbocycles. The van der Waals surface area contributed by atoms with Crippen molar-refractivity contribution in [1.82, 2.24) is 4.98 Å². The molecule has 22 heavy (non-hydrogen) atoms. The monoisotopic (exact) mass is 360 g/mol. The maximum Gasteiger partial charge on any atom is 1.00 e. The van der Waals surface area contributed by atoms with Gasteiger partial charge in [0.2, 0.25) is 5.91 Å². The fraction of sp³-hybridized carbons (Fsp3) is 0.0714. The van der Waals surface area contributed by atoms with Gasteiger partial charge in [-0.2, -0.15) is 0 Å². The quantitative estimate of drug-likeness (QED) is 0.537. The van der Waals surface area contributed by atoms with Gasteiger partial charge in [-0.3, -0.25) is 4.79 Å². The molecule has 0 saturated carbocycles. The Morgan fingerprint density at radius 2 is 1.91 bits per heavy atom. The van der Waals surface area contributed by atoms with Crippen LogP contribution in [-0.4, -0.2) is 22.6 Å². The molecular formula is C14H10ClKN2O3S. The first-order valence-electron chi connectivity index (χ1n) is 5.91. The second-order valence-electron chi connectivity index (χ2n) is 3.99. The Morgan fingerprint density at radius 3 is 2.55 bits per heavy atom. The van der Waals surface area contributed by atoms with E-state index >= 15 is 0 Å². The Kier molecular flexibility index (Phi) is 8.62. The first-order valence-corrected chi connectivity index (χ1v) is 7.27. The predicted octanol–water partition coefficient (Wildman–Crippen LogP) is -1.17. The topological polar surface area (TPSA) is 82.1 Å². The molecule has 2 rings (SSSR count). The summed E-state index contributed by atoms with van der Waals surface area (Å²) in [7, 11) is 0. The van der Waals surface area contributed by atoms with Gasteiger partial charge < -0.3 is 15.2 Å². The standard InChI is InChI=1S/C14H11ClN2O3S.K/c15-9-3-5-10(6-4-9)17-12(18)8-21-13-11(14(19)20)2-1-7-16-13;/h1-7H,8H2,(H,17,18)(H,19,20);/q;+1/p-1. The van der Waals surface area contributed by atoms with E-state index < -0.39 is 5.97 Å². The molecule has 5 nitrogen and oxygen atoms in total. The third-order valence-corrected chi connectivity index (χ3v) is 3.72. The van der Waals surface area contributed by atoms with Gasteiger partial charge in [0.25, 0.3) is 0 Å². The molecule has 0 aliphatic heterocycles. The molecule has 8 heteroatoms. The molecule has 2 aromatic rings. The number of hydrogen-bond acceptors (Lipinski definition) is 5. The second-order valence-corrected chi connectivity index (χ2v) is 5.39. The van der Waals surface area contributed by atoms with Gasteiger partial charge in [-0.15, -0.1) is 0 Å². The molecule has 0 radical (unpaired) electrons. The number of aromatic carboxylic acids is 1. The number of anilines is 1. The molecule has 0 spiro atoms. The maximum atomic E-state index is 11.8. The molecule has 108 valence electrons. The van der Waals surface area contributed by atoms with Gasteiger partial charge in [-0.05, 0) is 36.4 Å². The van der Waals surface area contributed by atoms with Crippen LogP contribution in [0.2, 0.25) is 5.02 Å². The van der Waals surface area contributed by atoms with Gasteiger partial charge >= 0.3 is 51.4 Å². The van der Waals surface area contributed by atoms with Crippen LogP contribution in [0.3, 0.4) is 0 Å². The SMILES string of the molecule is O=C(CSc1ncccc1C(=O)[O-])Nc1ccc(Cl)cc1.[K+]. The van der Waals surface area contributed by atoms with Crippen LogP contribution < -0.4 is 61.8 Å². The van der Waals surface area contributed by atoms with Gasteiger partial charge in [-0.25, -0.2) is 4.98 Å². The number of nitrogens with one attached hydrogen (secondary N) is 1. The second kappa shape index (κ2) is 9.66. The molecule has 0 saturated heterocycles. The van der Waals surface area contributed by atoms with E-state index in [0.29, 0.717) is 10.7 Å². The van der Waals surface area contributed by atoms with E-state index in [1.807, 2.05) is 0 Å². The van der Waals surface area contributed by atoms with Crippen molar-refractivity contribution in [2.75, 3.05) is 11.1 Å². The minimum Gasteiger partial charge on any atom is -0.545 e. The van der Waals surface area contributed by atoms with Crippen LogP contribution in [-0.2, 0) is 4.79 Å². The molecule has 0 bridgehead atoms. The van der Waals surface area contributed by atoms with E-state index in [2.05, 4.69) is 10.3 Å². The zero-order chi connectivity index (χ0) is 15.2. The third-order valence-electron chi connectivity index (χ3n) is 2.46. The van der Waals surface area contributed by atoms with Crippen molar-refractivity contribution in [2.24, 2.45) is 0 Å². The van der Waals surface area contributed by atoms with Gasteiger partial charge in [0.15, 0.2) is 0 Å². The molecule has 1 aromatic carbocycles. The van der Waals surface area contributed by atoms with E-state index in [1.165, 1.54) is 18.3 Å². The van der Waals surface area contributed by atoms with Crippen molar-refractivity contribution in [2.45, 2.75) is 5.03 Å².